The van der Waals surface area contributed by atoms with Gasteiger partial charge in [0.15, 0.2) is 0 Å². The monoisotopic (exact) mass is 248 g/mol. The minimum Gasteiger partial charge on any atom is -0.379 e. The fourth-order valence-electron chi connectivity index (χ4n) is 2.73. The first-order chi connectivity index (χ1) is 8.09. The lowest BCUT2D eigenvalue weighted by Gasteiger charge is -2.40. The van der Waals surface area contributed by atoms with Gasteiger partial charge < -0.3 is 10.5 Å². The van der Waals surface area contributed by atoms with Crippen LogP contribution in [0.3, 0.4) is 0 Å². The van der Waals surface area contributed by atoms with Crippen LogP contribution in [0.5, 0.6) is 0 Å². The molecule has 1 aliphatic heterocycles. The smallest absolute Gasteiger partial charge is 0.226 e. The number of nitrogens with zero attached hydrogens (tertiary/aromatic N) is 1. The van der Waals surface area contributed by atoms with E-state index >= 15 is 0 Å². The number of hydrogen-bond acceptors (Lipinski definition) is 3. The molecule has 0 aromatic rings. The number of rotatable bonds is 2. The van der Waals surface area contributed by atoms with Crippen LogP contribution in [0, 0.1) is 5.92 Å². The molecule has 0 aromatic carbocycles. The number of carbonyl (C=O) groups excluding carboxylic acids is 1. The molecule has 0 spiro atoms. The van der Waals surface area contributed by atoms with Gasteiger partial charge in [-0.15, -0.1) is 0 Å². The molecule has 1 amide bonds. The van der Waals surface area contributed by atoms with E-state index in [2.05, 4.69) is 0 Å². The molecule has 1 heterocycles. The second kappa shape index (κ2) is 5.27. The number of morpholine rings is 1. The average molecular weight is 248 g/mol. The molecule has 2 fully saturated rings. The van der Waals surface area contributed by atoms with E-state index in [4.69, 9.17) is 10.5 Å². The van der Waals surface area contributed by atoms with Crippen LogP contribution in [0.25, 0.3) is 0 Å². The molecule has 2 unspecified atom stereocenters. The Labute approximate surface area is 99.1 Å². The standard InChI is InChI=1S/C11H18F2N2O2/c12-8-5-7(15-1-3-17-4-2-15)6-9(13)10(8)11(14)16/h7-10H,1-6H2,(H2,14,16). The van der Waals surface area contributed by atoms with Crippen LogP contribution < -0.4 is 5.73 Å². The van der Waals surface area contributed by atoms with Gasteiger partial charge in [0.05, 0.1) is 13.2 Å². The minimum atomic E-state index is -1.47. The van der Waals surface area contributed by atoms with Crippen LogP contribution in [-0.4, -0.2) is 55.5 Å². The summed E-state index contributed by atoms with van der Waals surface area (Å²) in [4.78, 5) is 13.0. The van der Waals surface area contributed by atoms with Crippen molar-refractivity contribution in [1.29, 1.82) is 0 Å². The van der Waals surface area contributed by atoms with E-state index in [1.165, 1.54) is 0 Å². The lowest BCUT2D eigenvalue weighted by molar-refractivity contribution is -0.129. The first kappa shape index (κ1) is 12.7. The molecule has 2 rings (SSSR count). The zero-order valence-corrected chi connectivity index (χ0v) is 9.65. The van der Waals surface area contributed by atoms with Crippen LogP contribution in [-0.2, 0) is 9.53 Å². The predicted octanol–water partition coefficient (Wildman–Crippen LogP) is 0.259. The second-order valence-corrected chi connectivity index (χ2v) is 4.73. The van der Waals surface area contributed by atoms with E-state index in [-0.39, 0.29) is 18.9 Å². The fourth-order valence-corrected chi connectivity index (χ4v) is 2.73. The van der Waals surface area contributed by atoms with E-state index in [0.29, 0.717) is 26.3 Å². The number of hydrogen-bond donors (Lipinski definition) is 1. The maximum absolute atomic E-state index is 13.8. The van der Waals surface area contributed by atoms with E-state index in [0.717, 1.165) is 0 Å². The maximum Gasteiger partial charge on any atom is 0.226 e. The Morgan fingerprint density at radius 1 is 1.18 bits per heavy atom. The van der Waals surface area contributed by atoms with Gasteiger partial charge in [0.1, 0.15) is 18.3 Å². The summed E-state index contributed by atoms with van der Waals surface area (Å²) in [6.45, 7) is 2.60. The quantitative estimate of drug-likeness (QED) is 0.762. The molecular weight excluding hydrogens is 230 g/mol. The Balaban J connectivity index is 1.97. The molecule has 4 nitrogen and oxygen atoms in total. The molecule has 0 radical (unpaired) electrons. The van der Waals surface area contributed by atoms with Gasteiger partial charge in [0.25, 0.3) is 0 Å². The summed E-state index contributed by atoms with van der Waals surface area (Å²) in [6, 6.07) is -0.139. The van der Waals surface area contributed by atoms with Crippen molar-refractivity contribution in [2.45, 2.75) is 31.2 Å². The third kappa shape index (κ3) is 2.74. The molecule has 0 aromatic heterocycles. The average Bonchev–Trinajstić information content (AvgIpc) is 2.28. The van der Waals surface area contributed by atoms with Crippen molar-refractivity contribution >= 4 is 5.91 Å². The minimum absolute atomic E-state index is 0.139. The Morgan fingerprint density at radius 2 is 1.71 bits per heavy atom. The topological polar surface area (TPSA) is 55.6 Å². The van der Waals surface area contributed by atoms with E-state index in [1.54, 1.807) is 0 Å². The number of nitrogens with two attached hydrogens (primary N) is 1. The van der Waals surface area contributed by atoms with Gasteiger partial charge in [0, 0.05) is 19.1 Å². The van der Waals surface area contributed by atoms with Crippen LogP contribution in [0.1, 0.15) is 12.8 Å². The summed E-state index contributed by atoms with van der Waals surface area (Å²) in [5.41, 5.74) is 5.02. The van der Waals surface area contributed by atoms with Gasteiger partial charge >= 0.3 is 0 Å². The van der Waals surface area contributed by atoms with Crippen molar-refractivity contribution in [2.75, 3.05) is 26.3 Å². The van der Waals surface area contributed by atoms with Gasteiger partial charge in [-0.1, -0.05) is 0 Å². The van der Waals surface area contributed by atoms with Gasteiger partial charge in [-0.25, -0.2) is 8.78 Å². The highest BCUT2D eigenvalue weighted by atomic mass is 19.1. The number of halogens is 2. The molecule has 2 atom stereocenters. The highest BCUT2D eigenvalue weighted by Gasteiger charge is 2.43. The van der Waals surface area contributed by atoms with Crippen molar-refractivity contribution in [2.24, 2.45) is 11.7 Å². The molecule has 1 saturated carbocycles. The maximum atomic E-state index is 13.8. The van der Waals surface area contributed by atoms with Gasteiger partial charge in [-0.05, 0) is 12.8 Å². The lowest BCUT2D eigenvalue weighted by atomic mass is 9.81. The molecule has 6 heteroatoms. The predicted molar refractivity (Wildman–Crippen MR) is 57.9 cm³/mol. The Morgan fingerprint density at radius 3 is 2.18 bits per heavy atom. The van der Waals surface area contributed by atoms with Gasteiger partial charge in [0.2, 0.25) is 5.91 Å². The van der Waals surface area contributed by atoms with Crippen LogP contribution in [0.4, 0.5) is 8.78 Å². The normalized spacial score (nSPS) is 40.1. The van der Waals surface area contributed by atoms with Gasteiger partial charge in [-0.2, -0.15) is 0 Å². The number of alkyl halides is 2. The van der Waals surface area contributed by atoms with Crippen LogP contribution in [0.2, 0.25) is 0 Å². The molecule has 0 bridgehead atoms. The van der Waals surface area contributed by atoms with E-state index in [9.17, 15) is 13.6 Å². The Kier molecular flexibility index (Phi) is 3.93. The largest absolute Gasteiger partial charge is 0.379 e. The summed E-state index contributed by atoms with van der Waals surface area (Å²) in [7, 11) is 0. The second-order valence-electron chi connectivity index (χ2n) is 4.73. The van der Waals surface area contributed by atoms with Crippen molar-refractivity contribution < 1.29 is 18.3 Å². The molecule has 17 heavy (non-hydrogen) atoms. The first-order valence-electron chi connectivity index (χ1n) is 5.99. The zero-order valence-electron chi connectivity index (χ0n) is 9.65. The van der Waals surface area contributed by atoms with Crippen molar-refractivity contribution in [3.8, 4) is 0 Å². The summed E-state index contributed by atoms with van der Waals surface area (Å²) in [5.74, 6) is -2.14. The number of primary amides is 1. The fraction of sp³-hybridized carbons (Fsp3) is 0.909. The van der Waals surface area contributed by atoms with Crippen molar-refractivity contribution in [3.05, 3.63) is 0 Å². The van der Waals surface area contributed by atoms with Gasteiger partial charge in [-0.3, -0.25) is 9.69 Å². The summed E-state index contributed by atoms with van der Waals surface area (Å²) >= 11 is 0. The van der Waals surface area contributed by atoms with Crippen LogP contribution >= 0.6 is 0 Å². The van der Waals surface area contributed by atoms with Crippen molar-refractivity contribution in [1.82, 2.24) is 4.90 Å². The molecule has 2 N–H and O–H groups in total. The van der Waals surface area contributed by atoms with Crippen molar-refractivity contribution in [3.63, 3.8) is 0 Å². The number of amides is 1. The summed E-state index contributed by atoms with van der Waals surface area (Å²) in [6.07, 6.45) is -2.56. The summed E-state index contributed by atoms with van der Waals surface area (Å²) in [5, 5.41) is 0. The van der Waals surface area contributed by atoms with Crippen LogP contribution in [0.15, 0.2) is 0 Å². The zero-order chi connectivity index (χ0) is 12.4. The third-order valence-corrected chi connectivity index (χ3v) is 3.66. The highest BCUT2D eigenvalue weighted by molar-refractivity contribution is 5.78. The lowest BCUT2D eigenvalue weighted by Crippen LogP contribution is -2.52. The molecule has 2 aliphatic rings. The molecule has 98 valence electrons. The van der Waals surface area contributed by atoms with E-state index < -0.39 is 24.2 Å². The Hall–Kier alpha value is -0.750. The molecular formula is C11H18F2N2O2. The highest BCUT2D eigenvalue weighted by Crippen LogP contribution is 2.32. The third-order valence-electron chi connectivity index (χ3n) is 3.66. The number of carbonyl (C=O) groups is 1. The summed E-state index contributed by atoms with van der Waals surface area (Å²) < 4.78 is 32.7. The number of ether oxygens (including phenoxy) is 1. The Bertz CT molecular complexity index is 273. The molecule has 1 aliphatic carbocycles. The SMILES string of the molecule is NC(=O)C1C(F)CC(N2CCOCC2)CC1F. The molecule has 1 saturated heterocycles. The van der Waals surface area contributed by atoms with E-state index in [1.807, 2.05) is 4.90 Å². The first-order valence-corrected chi connectivity index (χ1v) is 5.99.